The maximum absolute atomic E-state index is 12.6. The Labute approximate surface area is 158 Å². The van der Waals surface area contributed by atoms with Crippen molar-refractivity contribution < 1.29 is 14.9 Å². The van der Waals surface area contributed by atoms with Crippen molar-refractivity contribution in [2.45, 2.75) is 34.3 Å². The zero-order valence-corrected chi connectivity index (χ0v) is 15.9. The number of H-pyrrole nitrogens is 2. The number of pyridine rings is 1. The molecular weight excluding hydrogens is 340 g/mol. The van der Waals surface area contributed by atoms with Crippen molar-refractivity contribution in [1.82, 2.24) is 9.97 Å². The number of fused-ring (bicyclic) bond motifs is 1. The molecule has 0 spiro atoms. The average Bonchev–Trinajstić information content (AvgIpc) is 3.01. The molecule has 2 aromatic heterocycles. The van der Waals surface area contributed by atoms with Crippen molar-refractivity contribution in [3.8, 4) is 11.8 Å². The highest BCUT2D eigenvalue weighted by Gasteiger charge is 2.15. The number of aliphatic hydroxyl groups excluding tert-OH is 1. The van der Waals surface area contributed by atoms with E-state index in [9.17, 15) is 4.79 Å². The summed E-state index contributed by atoms with van der Waals surface area (Å²) in [6, 6.07) is 7.35. The number of imidazole rings is 1. The van der Waals surface area contributed by atoms with E-state index in [1.165, 1.54) is 0 Å². The van der Waals surface area contributed by atoms with Gasteiger partial charge in [0.2, 0.25) is 5.82 Å². The van der Waals surface area contributed by atoms with Gasteiger partial charge >= 0.3 is 5.65 Å². The number of aliphatic hydroxyl groups is 1. The van der Waals surface area contributed by atoms with Gasteiger partial charge in [-0.2, -0.15) is 0 Å². The Kier molecular flexibility index (Phi) is 4.98. The highest BCUT2D eigenvalue weighted by atomic mass is 16.3. The van der Waals surface area contributed by atoms with E-state index in [2.05, 4.69) is 52.9 Å². The minimum atomic E-state index is -0.197. The summed E-state index contributed by atoms with van der Waals surface area (Å²) in [5.41, 5.74) is 4.22. The number of anilines is 1. The molecule has 138 valence electrons. The molecule has 4 N–H and O–H groups in total. The first-order chi connectivity index (χ1) is 12.7. The van der Waals surface area contributed by atoms with Crippen LogP contribution in [-0.4, -0.2) is 21.0 Å². The Morgan fingerprint density at radius 3 is 2.78 bits per heavy atom. The van der Waals surface area contributed by atoms with Crippen molar-refractivity contribution in [3.05, 3.63) is 53.0 Å². The van der Waals surface area contributed by atoms with Crippen LogP contribution in [-0.2, 0) is 6.61 Å². The molecule has 3 aromatic rings. The van der Waals surface area contributed by atoms with Gasteiger partial charge in [-0.3, -0.25) is 4.79 Å². The summed E-state index contributed by atoms with van der Waals surface area (Å²) >= 11 is 0. The number of carbonyl (C=O) groups is 1. The predicted octanol–water partition coefficient (Wildman–Crippen LogP) is 2.83. The molecule has 6 nitrogen and oxygen atoms in total. The number of carbonyl (C=O) groups excluding carboxylic acids is 1. The van der Waals surface area contributed by atoms with E-state index in [0.29, 0.717) is 28.2 Å². The molecule has 0 radical (unpaired) electrons. The summed E-state index contributed by atoms with van der Waals surface area (Å²) in [6.45, 7) is 7.91. The van der Waals surface area contributed by atoms with Gasteiger partial charge in [-0.1, -0.05) is 11.8 Å². The summed E-state index contributed by atoms with van der Waals surface area (Å²) in [5, 5.41) is 12.0. The summed E-state index contributed by atoms with van der Waals surface area (Å²) < 4.78 is 0. The molecule has 2 heterocycles. The van der Waals surface area contributed by atoms with Crippen LogP contribution in [0.3, 0.4) is 0 Å². The van der Waals surface area contributed by atoms with Gasteiger partial charge in [-0.15, -0.1) is 0 Å². The van der Waals surface area contributed by atoms with Crippen LogP contribution in [0.2, 0.25) is 0 Å². The standard InChI is InChI=1S/C21H22N4O2/c1-13-9-14(7-8-21(2,3)4)5-6-16(13)20(27)23-15-10-17-19(22-11-15)25-18(12-26)24-17/h5-6,9-11,26H,12H2,1-4H3,(H,23,27)(H,22,24,25)/p+1. The van der Waals surface area contributed by atoms with Gasteiger partial charge in [0.15, 0.2) is 0 Å². The number of aryl methyl sites for hydroxylation is 1. The largest absolute Gasteiger partial charge is 0.386 e. The molecule has 0 saturated heterocycles. The molecule has 0 atom stereocenters. The Balaban J connectivity index is 1.80. The highest BCUT2D eigenvalue weighted by Crippen LogP contribution is 2.17. The lowest BCUT2D eigenvalue weighted by atomic mass is 9.97. The smallest absolute Gasteiger partial charge is 0.346 e. The van der Waals surface area contributed by atoms with Gasteiger partial charge < -0.3 is 15.4 Å². The average molecular weight is 363 g/mol. The van der Waals surface area contributed by atoms with Gasteiger partial charge in [0.1, 0.15) is 18.3 Å². The SMILES string of the molecule is Cc1cc(C#CC(C)(C)C)ccc1C(=O)Nc1c[nH+]c2nc(CO)[nH]c2c1. The normalized spacial score (nSPS) is 11.1. The first-order valence-corrected chi connectivity index (χ1v) is 8.71. The minimum absolute atomic E-state index is 0.0678. The van der Waals surface area contributed by atoms with E-state index in [1.54, 1.807) is 18.3 Å². The lowest BCUT2D eigenvalue weighted by Gasteiger charge is -2.09. The van der Waals surface area contributed by atoms with Crippen LogP contribution in [0.1, 0.15) is 48.1 Å². The molecule has 0 aliphatic heterocycles. The van der Waals surface area contributed by atoms with E-state index in [4.69, 9.17) is 5.11 Å². The fraction of sp³-hybridized carbons (Fsp3) is 0.286. The quantitative estimate of drug-likeness (QED) is 0.625. The van der Waals surface area contributed by atoms with Crippen molar-refractivity contribution >= 4 is 22.8 Å². The number of hydrogen-bond acceptors (Lipinski definition) is 3. The van der Waals surface area contributed by atoms with Gasteiger partial charge in [0, 0.05) is 16.5 Å². The molecule has 1 amide bonds. The van der Waals surface area contributed by atoms with Crippen molar-refractivity contribution in [3.63, 3.8) is 0 Å². The lowest BCUT2D eigenvalue weighted by molar-refractivity contribution is -0.346. The van der Waals surface area contributed by atoms with Crippen LogP contribution >= 0.6 is 0 Å². The number of amides is 1. The van der Waals surface area contributed by atoms with Crippen molar-refractivity contribution in [2.24, 2.45) is 5.41 Å². The van der Waals surface area contributed by atoms with Crippen LogP contribution in [0.25, 0.3) is 11.2 Å². The molecule has 1 aromatic carbocycles. The first-order valence-electron chi connectivity index (χ1n) is 8.71. The monoisotopic (exact) mass is 363 g/mol. The summed E-state index contributed by atoms with van der Waals surface area (Å²) in [6.07, 6.45) is 1.67. The lowest BCUT2D eigenvalue weighted by Crippen LogP contribution is -2.15. The number of rotatable bonds is 3. The van der Waals surface area contributed by atoms with Gasteiger partial charge in [-0.25, -0.2) is 4.98 Å². The number of nitrogens with zero attached hydrogens (tertiary/aromatic N) is 1. The minimum Gasteiger partial charge on any atom is -0.386 e. The molecule has 0 fully saturated rings. The molecule has 3 rings (SSSR count). The van der Waals surface area contributed by atoms with E-state index < -0.39 is 0 Å². The Morgan fingerprint density at radius 1 is 1.33 bits per heavy atom. The van der Waals surface area contributed by atoms with Crippen LogP contribution in [0.15, 0.2) is 30.5 Å². The predicted molar refractivity (Wildman–Crippen MR) is 104 cm³/mol. The van der Waals surface area contributed by atoms with E-state index in [1.807, 2.05) is 19.1 Å². The molecule has 0 bridgehead atoms. The number of benzene rings is 1. The number of hydrogen-bond donors (Lipinski definition) is 3. The second-order valence-electron chi connectivity index (χ2n) is 7.48. The number of aromatic nitrogens is 3. The molecular formula is C21H23N4O2+. The second-order valence-corrected chi connectivity index (χ2v) is 7.48. The third kappa shape index (κ3) is 4.52. The van der Waals surface area contributed by atoms with E-state index in [-0.39, 0.29) is 17.9 Å². The van der Waals surface area contributed by atoms with Crippen molar-refractivity contribution in [1.29, 1.82) is 0 Å². The zero-order valence-electron chi connectivity index (χ0n) is 15.9. The van der Waals surface area contributed by atoms with Gasteiger partial charge in [-0.05, 0) is 62.5 Å². The molecule has 27 heavy (non-hydrogen) atoms. The fourth-order valence-corrected chi connectivity index (χ4v) is 2.60. The highest BCUT2D eigenvalue weighted by molar-refractivity contribution is 6.05. The maximum atomic E-state index is 12.6. The summed E-state index contributed by atoms with van der Waals surface area (Å²) in [4.78, 5) is 22.8. The van der Waals surface area contributed by atoms with Gasteiger partial charge in [0.05, 0.1) is 5.69 Å². The fourth-order valence-electron chi connectivity index (χ4n) is 2.60. The third-order valence-corrected chi connectivity index (χ3v) is 3.91. The topological polar surface area (TPSA) is 92.2 Å². The maximum Gasteiger partial charge on any atom is 0.346 e. The second kappa shape index (κ2) is 7.22. The number of aromatic amines is 2. The van der Waals surface area contributed by atoms with Crippen LogP contribution in [0.4, 0.5) is 5.69 Å². The van der Waals surface area contributed by atoms with E-state index >= 15 is 0 Å². The molecule has 0 unspecified atom stereocenters. The Hall–Kier alpha value is -3.17. The van der Waals surface area contributed by atoms with Crippen LogP contribution < -0.4 is 10.3 Å². The zero-order chi connectivity index (χ0) is 19.6. The van der Waals surface area contributed by atoms with Crippen LogP contribution in [0, 0.1) is 24.2 Å². The molecule has 0 aliphatic carbocycles. The van der Waals surface area contributed by atoms with Gasteiger partial charge in [0.25, 0.3) is 5.91 Å². The Morgan fingerprint density at radius 2 is 2.11 bits per heavy atom. The summed E-state index contributed by atoms with van der Waals surface area (Å²) in [5.74, 6) is 6.62. The first kappa shape index (κ1) is 18.6. The number of nitrogens with one attached hydrogen (secondary N) is 3. The van der Waals surface area contributed by atoms with Crippen molar-refractivity contribution in [2.75, 3.05) is 5.32 Å². The molecule has 0 saturated carbocycles. The summed E-state index contributed by atoms with van der Waals surface area (Å²) in [7, 11) is 0. The third-order valence-electron chi connectivity index (χ3n) is 3.91. The Bertz CT molecular complexity index is 1070. The molecule has 0 aliphatic rings. The molecule has 6 heteroatoms. The van der Waals surface area contributed by atoms with E-state index in [0.717, 1.165) is 11.1 Å². The van der Waals surface area contributed by atoms with Crippen LogP contribution in [0.5, 0.6) is 0 Å².